The van der Waals surface area contributed by atoms with Crippen molar-refractivity contribution in [3.8, 4) is 0 Å². The summed E-state index contributed by atoms with van der Waals surface area (Å²) in [5.74, 6) is -0.395. The summed E-state index contributed by atoms with van der Waals surface area (Å²) in [7, 11) is 0. The van der Waals surface area contributed by atoms with Gasteiger partial charge in [-0.3, -0.25) is 10.1 Å². The Bertz CT molecular complexity index is 499. The molecule has 2 rings (SSSR count). The van der Waals surface area contributed by atoms with E-state index in [0.717, 1.165) is 11.1 Å². The highest BCUT2D eigenvalue weighted by atomic mass is 16.2. The standard InChI is InChI=1S/C12H15N3O2/c1-7-3-4-9(5-8(7)2)12(6-13)10(16)14-11(17)15-12/h3-5H,6,13H2,1-2H3,(H2,14,15,16,17). The normalized spacial score (nSPS) is 23.5. The Morgan fingerprint density at radius 1 is 1.24 bits per heavy atom. The first-order chi connectivity index (χ1) is 7.99. The summed E-state index contributed by atoms with van der Waals surface area (Å²) in [6, 6.07) is 5.12. The number of hydrogen-bond acceptors (Lipinski definition) is 3. The average molecular weight is 233 g/mol. The van der Waals surface area contributed by atoms with Gasteiger partial charge in [0, 0.05) is 6.54 Å². The van der Waals surface area contributed by atoms with E-state index in [2.05, 4.69) is 10.6 Å². The van der Waals surface area contributed by atoms with Crippen molar-refractivity contribution in [2.24, 2.45) is 5.73 Å². The molecule has 1 aliphatic heterocycles. The third kappa shape index (κ3) is 1.68. The lowest BCUT2D eigenvalue weighted by Crippen LogP contribution is -2.50. The maximum absolute atomic E-state index is 11.9. The zero-order valence-corrected chi connectivity index (χ0v) is 9.83. The maximum atomic E-state index is 11.9. The molecule has 17 heavy (non-hydrogen) atoms. The van der Waals surface area contributed by atoms with Crippen molar-refractivity contribution in [3.05, 3.63) is 34.9 Å². The molecule has 0 spiro atoms. The number of urea groups is 1. The Labute approximate surface area is 99.4 Å². The fourth-order valence-electron chi connectivity index (χ4n) is 1.96. The molecule has 1 unspecified atom stereocenters. The zero-order chi connectivity index (χ0) is 12.6. The lowest BCUT2D eigenvalue weighted by Gasteiger charge is -2.25. The van der Waals surface area contributed by atoms with Gasteiger partial charge in [-0.15, -0.1) is 0 Å². The SMILES string of the molecule is Cc1ccc(C2(CN)NC(=O)NC2=O)cc1C. The third-order valence-corrected chi connectivity index (χ3v) is 3.25. The van der Waals surface area contributed by atoms with E-state index < -0.39 is 17.5 Å². The van der Waals surface area contributed by atoms with E-state index >= 15 is 0 Å². The highest BCUT2D eigenvalue weighted by Crippen LogP contribution is 2.25. The molecule has 1 aromatic rings. The summed E-state index contributed by atoms with van der Waals surface area (Å²) < 4.78 is 0. The molecular formula is C12H15N3O2. The second-order valence-corrected chi connectivity index (χ2v) is 4.32. The van der Waals surface area contributed by atoms with Crippen LogP contribution in [0.2, 0.25) is 0 Å². The van der Waals surface area contributed by atoms with Crippen molar-refractivity contribution >= 4 is 11.9 Å². The number of carbonyl (C=O) groups is 2. The van der Waals surface area contributed by atoms with Crippen molar-refractivity contribution in [2.75, 3.05) is 6.54 Å². The van der Waals surface area contributed by atoms with Crippen LogP contribution in [0.1, 0.15) is 16.7 Å². The van der Waals surface area contributed by atoms with Gasteiger partial charge in [-0.05, 0) is 30.5 Å². The largest absolute Gasteiger partial charge is 0.327 e. The van der Waals surface area contributed by atoms with Crippen LogP contribution in [0.4, 0.5) is 4.79 Å². The molecule has 0 bridgehead atoms. The highest BCUT2D eigenvalue weighted by molar-refractivity contribution is 6.07. The van der Waals surface area contributed by atoms with E-state index in [1.807, 2.05) is 32.0 Å². The van der Waals surface area contributed by atoms with Gasteiger partial charge in [0.1, 0.15) is 0 Å². The number of carbonyl (C=O) groups excluding carboxylic acids is 2. The van der Waals surface area contributed by atoms with Gasteiger partial charge in [-0.1, -0.05) is 18.2 Å². The average Bonchev–Trinajstić information content (AvgIpc) is 2.58. The van der Waals surface area contributed by atoms with Gasteiger partial charge >= 0.3 is 6.03 Å². The molecule has 4 N–H and O–H groups in total. The number of nitrogens with two attached hydrogens (primary N) is 1. The Morgan fingerprint density at radius 3 is 2.41 bits per heavy atom. The molecule has 0 aromatic heterocycles. The second-order valence-electron chi connectivity index (χ2n) is 4.32. The first kappa shape index (κ1) is 11.6. The van der Waals surface area contributed by atoms with Crippen molar-refractivity contribution < 1.29 is 9.59 Å². The van der Waals surface area contributed by atoms with Crippen LogP contribution in [0.5, 0.6) is 0 Å². The topological polar surface area (TPSA) is 84.2 Å². The third-order valence-electron chi connectivity index (χ3n) is 3.25. The fourth-order valence-corrected chi connectivity index (χ4v) is 1.96. The summed E-state index contributed by atoms with van der Waals surface area (Å²) in [5.41, 5.74) is 7.44. The van der Waals surface area contributed by atoms with Crippen molar-refractivity contribution in [1.29, 1.82) is 0 Å². The molecule has 0 aliphatic carbocycles. The molecule has 1 aromatic carbocycles. The molecule has 5 heteroatoms. The summed E-state index contributed by atoms with van der Waals surface area (Å²) >= 11 is 0. The fraction of sp³-hybridized carbons (Fsp3) is 0.333. The van der Waals surface area contributed by atoms with Gasteiger partial charge in [-0.2, -0.15) is 0 Å². The van der Waals surface area contributed by atoms with Crippen LogP contribution in [0.25, 0.3) is 0 Å². The van der Waals surface area contributed by atoms with Gasteiger partial charge in [-0.25, -0.2) is 4.79 Å². The molecular weight excluding hydrogens is 218 g/mol. The quantitative estimate of drug-likeness (QED) is 0.642. The van der Waals surface area contributed by atoms with Gasteiger partial charge in [0.2, 0.25) is 0 Å². The molecule has 1 atom stereocenters. The highest BCUT2D eigenvalue weighted by Gasteiger charge is 2.46. The van der Waals surface area contributed by atoms with Gasteiger partial charge in [0.25, 0.3) is 5.91 Å². The smallest absolute Gasteiger partial charge is 0.322 e. The molecule has 0 saturated carbocycles. The van der Waals surface area contributed by atoms with E-state index in [0.29, 0.717) is 5.56 Å². The lowest BCUT2D eigenvalue weighted by molar-refractivity contribution is -0.123. The molecule has 1 fully saturated rings. The van der Waals surface area contributed by atoms with Gasteiger partial charge < -0.3 is 11.1 Å². The minimum absolute atomic E-state index is 0.0348. The van der Waals surface area contributed by atoms with Crippen molar-refractivity contribution in [3.63, 3.8) is 0 Å². The first-order valence-corrected chi connectivity index (χ1v) is 5.41. The van der Waals surface area contributed by atoms with Crippen LogP contribution >= 0.6 is 0 Å². The number of imide groups is 1. The van der Waals surface area contributed by atoms with Crippen LogP contribution in [-0.2, 0) is 10.3 Å². The van der Waals surface area contributed by atoms with E-state index in [1.165, 1.54) is 0 Å². The number of amides is 3. The monoisotopic (exact) mass is 233 g/mol. The summed E-state index contributed by atoms with van der Waals surface area (Å²) in [6.45, 7) is 3.98. The van der Waals surface area contributed by atoms with Crippen LogP contribution in [0, 0.1) is 13.8 Å². The Morgan fingerprint density at radius 2 is 1.94 bits per heavy atom. The van der Waals surface area contributed by atoms with E-state index in [9.17, 15) is 9.59 Å². The molecule has 3 amide bonds. The number of hydrogen-bond donors (Lipinski definition) is 3. The van der Waals surface area contributed by atoms with E-state index in [1.54, 1.807) is 0 Å². The predicted octanol–water partition coefficient (Wildman–Crippen LogP) is 0.297. The summed E-state index contributed by atoms with van der Waals surface area (Å²) in [5, 5.41) is 4.83. The van der Waals surface area contributed by atoms with Gasteiger partial charge in [0.05, 0.1) is 0 Å². The number of aryl methyl sites for hydroxylation is 2. The molecule has 90 valence electrons. The molecule has 1 heterocycles. The van der Waals surface area contributed by atoms with E-state index in [-0.39, 0.29) is 6.54 Å². The van der Waals surface area contributed by atoms with Crippen molar-refractivity contribution in [2.45, 2.75) is 19.4 Å². The predicted molar refractivity (Wildman–Crippen MR) is 63.3 cm³/mol. The van der Waals surface area contributed by atoms with Crippen LogP contribution in [0.3, 0.4) is 0 Å². The first-order valence-electron chi connectivity index (χ1n) is 5.41. The summed E-state index contributed by atoms with van der Waals surface area (Å²) in [4.78, 5) is 23.1. The number of rotatable bonds is 2. The Balaban J connectivity index is 2.52. The van der Waals surface area contributed by atoms with E-state index in [4.69, 9.17) is 5.73 Å². The molecule has 1 aliphatic rings. The minimum atomic E-state index is -1.13. The molecule has 0 radical (unpaired) electrons. The maximum Gasteiger partial charge on any atom is 0.322 e. The van der Waals surface area contributed by atoms with Crippen LogP contribution in [-0.4, -0.2) is 18.5 Å². The van der Waals surface area contributed by atoms with Crippen LogP contribution < -0.4 is 16.4 Å². The Hall–Kier alpha value is -1.88. The minimum Gasteiger partial charge on any atom is -0.327 e. The van der Waals surface area contributed by atoms with Crippen molar-refractivity contribution in [1.82, 2.24) is 10.6 Å². The zero-order valence-electron chi connectivity index (χ0n) is 9.83. The molecule has 1 saturated heterocycles. The van der Waals surface area contributed by atoms with Crippen LogP contribution in [0.15, 0.2) is 18.2 Å². The molecule has 5 nitrogen and oxygen atoms in total. The Kier molecular flexibility index (Phi) is 2.63. The number of benzene rings is 1. The van der Waals surface area contributed by atoms with Gasteiger partial charge in [0.15, 0.2) is 5.54 Å². The second kappa shape index (κ2) is 3.85. The number of nitrogens with one attached hydrogen (secondary N) is 2. The summed E-state index contributed by atoms with van der Waals surface area (Å²) in [6.07, 6.45) is 0. The lowest BCUT2D eigenvalue weighted by atomic mass is 9.88.